The molecular weight excluding hydrogens is 286 g/mol. The Morgan fingerprint density at radius 1 is 1.35 bits per heavy atom. The second-order valence-corrected chi connectivity index (χ2v) is 5.92. The fourth-order valence-electron chi connectivity index (χ4n) is 1.74. The van der Waals surface area contributed by atoms with Crippen LogP contribution in [0.15, 0.2) is 23.1 Å². The molecule has 0 bridgehead atoms. The fraction of sp³-hybridized carbons (Fsp3) is 0.417. The van der Waals surface area contributed by atoms with Crippen LogP contribution in [0.5, 0.6) is 11.5 Å². The SMILES string of the molecule is CC[C@H](NS(=O)(=O)c1ccc2c(c1)OCCO2)C(=O)[O-]. The summed E-state index contributed by atoms with van der Waals surface area (Å²) >= 11 is 0. The van der Waals surface area contributed by atoms with E-state index in [0.29, 0.717) is 24.7 Å². The lowest BCUT2D eigenvalue weighted by molar-refractivity contribution is -0.308. The van der Waals surface area contributed by atoms with E-state index in [4.69, 9.17) is 9.47 Å². The molecule has 0 unspecified atom stereocenters. The molecular formula is C12H14NO6S-. The molecule has 0 amide bonds. The van der Waals surface area contributed by atoms with Gasteiger partial charge in [0.05, 0.1) is 16.9 Å². The number of rotatable bonds is 5. The van der Waals surface area contributed by atoms with Gasteiger partial charge in [0.2, 0.25) is 10.0 Å². The summed E-state index contributed by atoms with van der Waals surface area (Å²) in [7, 11) is -3.96. The highest BCUT2D eigenvalue weighted by Crippen LogP contribution is 2.32. The van der Waals surface area contributed by atoms with Gasteiger partial charge in [0, 0.05) is 6.07 Å². The third kappa shape index (κ3) is 3.02. The number of hydrogen-bond acceptors (Lipinski definition) is 6. The van der Waals surface area contributed by atoms with Crippen LogP contribution in [0.3, 0.4) is 0 Å². The average molecular weight is 300 g/mol. The van der Waals surface area contributed by atoms with Gasteiger partial charge in [-0.05, 0) is 18.6 Å². The maximum absolute atomic E-state index is 12.1. The van der Waals surface area contributed by atoms with E-state index in [0.717, 1.165) is 0 Å². The molecule has 7 nitrogen and oxygen atoms in total. The van der Waals surface area contributed by atoms with Crippen LogP contribution >= 0.6 is 0 Å². The van der Waals surface area contributed by atoms with Gasteiger partial charge in [-0.15, -0.1) is 0 Å². The molecule has 2 rings (SSSR count). The minimum absolute atomic E-state index is 0.0820. The monoisotopic (exact) mass is 300 g/mol. The summed E-state index contributed by atoms with van der Waals surface area (Å²) in [5.41, 5.74) is 0. The molecule has 0 fully saturated rings. The van der Waals surface area contributed by atoms with Crippen molar-refractivity contribution < 1.29 is 27.8 Å². The number of carboxylic acids is 1. The Morgan fingerprint density at radius 3 is 2.60 bits per heavy atom. The standard InChI is InChI=1S/C12H15NO6S/c1-2-9(12(14)15)13-20(16,17)8-3-4-10-11(7-8)19-6-5-18-10/h3-4,7,9,13H,2,5-6H2,1H3,(H,14,15)/p-1/t9-/m0/s1. The zero-order valence-corrected chi connectivity index (χ0v) is 11.6. The van der Waals surface area contributed by atoms with E-state index in [1.165, 1.54) is 18.2 Å². The molecule has 1 atom stereocenters. The van der Waals surface area contributed by atoms with E-state index in [1.54, 1.807) is 6.92 Å². The van der Waals surface area contributed by atoms with Crippen molar-refractivity contribution in [3.8, 4) is 11.5 Å². The van der Waals surface area contributed by atoms with E-state index in [1.807, 2.05) is 0 Å². The highest BCUT2D eigenvalue weighted by molar-refractivity contribution is 7.89. The summed E-state index contributed by atoms with van der Waals surface area (Å²) in [6.07, 6.45) is 0.0894. The number of ether oxygens (including phenoxy) is 2. The van der Waals surface area contributed by atoms with Crippen molar-refractivity contribution >= 4 is 16.0 Å². The molecule has 1 aromatic rings. The van der Waals surface area contributed by atoms with Crippen LogP contribution in [-0.4, -0.2) is 33.6 Å². The van der Waals surface area contributed by atoms with Gasteiger partial charge in [0.1, 0.15) is 13.2 Å². The normalized spacial score (nSPS) is 15.7. The molecule has 1 aromatic carbocycles. The van der Waals surface area contributed by atoms with Gasteiger partial charge in [-0.3, -0.25) is 0 Å². The zero-order chi connectivity index (χ0) is 14.8. The number of fused-ring (bicyclic) bond motifs is 1. The lowest BCUT2D eigenvalue weighted by Crippen LogP contribution is -2.47. The number of carbonyl (C=O) groups excluding carboxylic acids is 1. The largest absolute Gasteiger partial charge is 0.548 e. The first kappa shape index (κ1) is 14.6. The number of nitrogens with one attached hydrogen (secondary N) is 1. The maximum Gasteiger partial charge on any atom is 0.241 e. The predicted octanol–water partition coefficient (Wildman–Crippen LogP) is -0.735. The predicted molar refractivity (Wildman–Crippen MR) is 66.8 cm³/mol. The Morgan fingerprint density at radius 2 is 2.00 bits per heavy atom. The molecule has 0 saturated carbocycles. The Kier molecular flexibility index (Phi) is 4.15. The van der Waals surface area contributed by atoms with Crippen molar-refractivity contribution in [2.45, 2.75) is 24.3 Å². The minimum atomic E-state index is -3.96. The quantitative estimate of drug-likeness (QED) is 0.768. The first-order chi connectivity index (χ1) is 9.44. The van der Waals surface area contributed by atoms with Crippen LogP contribution in [-0.2, 0) is 14.8 Å². The van der Waals surface area contributed by atoms with Crippen LogP contribution in [0.4, 0.5) is 0 Å². The Bertz CT molecular complexity index is 612. The van der Waals surface area contributed by atoms with Crippen molar-refractivity contribution in [1.29, 1.82) is 0 Å². The number of sulfonamides is 1. The molecule has 1 aliphatic rings. The molecule has 1 aliphatic heterocycles. The average Bonchev–Trinajstić information content (AvgIpc) is 2.44. The summed E-state index contributed by atoms with van der Waals surface area (Å²) < 4.78 is 36.8. The van der Waals surface area contributed by atoms with Gasteiger partial charge >= 0.3 is 0 Å². The summed E-state index contributed by atoms with van der Waals surface area (Å²) in [6.45, 7) is 2.29. The molecule has 0 saturated heterocycles. The van der Waals surface area contributed by atoms with Crippen molar-refractivity contribution in [3.05, 3.63) is 18.2 Å². The zero-order valence-electron chi connectivity index (χ0n) is 10.8. The van der Waals surface area contributed by atoms with E-state index in [9.17, 15) is 18.3 Å². The lowest BCUT2D eigenvalue weighted by atomic mass is 10.2. The summed E-state index contributed by atoms with van der Waals surface area (Å²) in [4.78, 5) is 10.7. The van der Waals surface area contributed by atoms with Gasteiger partial charge in [0.25, 0.3) is 0 Å². The van der Waals surface area contributed by atoms with E-state index in [-0.39, 0.29) is 11.3 Å². The smallest absolute Gasteiger partial charge is 0.241 e. The van der Waals surface area contributed by atoms with Crippen LogP contribution in [0.25, 0.3) is 0 Å². The maximum atomic E-state index is 12.1. The van der Waals surface area contributed by atoms with Gasteiger partial charge in [0.15, 0.2) is 11.5 Å². The number of carbonyl (C=O) groups is 1. The minimum Gasteiger partial charge on any atom is -0.548 e. The van der Waals surface area contributed by atoms with Crippen molar-refractivity contribution in [1.82, 2.24) is 4.72 Å². The van der Waals surface area contributed by atoms with Gasteiger partial charge < -0.3 is 19.4 Å². The molecule has 0 radical (unpaired) electrons. The summed E-state index contributed by atoms with van der Waals surface area (Å²) in [5.74, 6) is -0.684. The molecule has 110 valence electrons. The van der Waals surface area contributed by atoms with Crippen LogP contribution < -0.4 is 19.3 Å². The highest BCUT2D eigenvalue weighted by Gasteiger charge is 2.22. The molecule has 8 heteroatoms. The topological polar surface area (TPSA) is 105 Å². The molecule has 1 heterocycles. The first-order valence-electron chi connectivity index (χ1n) is 6.07. The Labute approximate surface area is 116 Å². The first-order valence-corrected chi connectivity index (χ1v) is 7.55. The van der Waals surface area contributed by atoms with Crippen molar-refractivity contribution in [3.63, 3.8) is 0 Å². The van der Waals surface area contributed by atoms with Crippen molar-refractivity contribution in [2.75, 3.05) is 13.2 Å². The molecule has 0 aliphatic carbocycles. The van der Waals surface area contributed by atoms with E-state index in [2.05, 4.69) is 4.72 Å². The van der Waals surface area contributed by atoms with Crippen LogP contribution in [0.2, 0.25) is 0 Å². The van der Waals surface area contributed by atoms with E-state index >= 15 is 0 Å². The van der Waals surface area contributed by atoms with Gasteiger partial charge in [-0.25, -0.2) is 13.1 Å². The Hall–Kier alpha value is -1.80. The van der Waals surface area contributed by atoms with Gasteiger partial charge in [-0.1, -0.05) is 6.92 Å². The number of carboxylic acid groups (broad SMARTS) is 1. The van der Waals surface area contributed by atoms with E-state index < -0.39 is 22.0 Å². The molecule has 1 N–H and O–H groups in total. The third-order valence-electron chi connectivity index (χ3n) is 2.81. The number of benzene rings is 1. The summed E-state index contributed by atoms with van der Waals surface area (Å²) in [6, 6.07) is 2.84. The van der Waals surface area contributed by atoms with Crippen LogP contribution in [0, 0.1) is 0 Å². The number of hydrogen-bond donors (Lipinski definition) is 1. The second-order valence-electron chi connectivity index (χ2n) is 4.21. The molecule has 20 heavy (non-hydrogen) atoms. The third-order valence-corrected chi connectivity index (χ3v) is 4.28. The molecule has 0 spiro atoms. The van der Waals surface area contributed by atoms with Crippen LogP contribution in [0.1, 0.15) is 13.3 Å². The van der Waals surface area contributed by atoms with Gasteiger partial charge in [-0.2, -0.15) is 0 Å². The molecule has 0 aromatic heterocycles. The highest BCUT2D eigenvalue weighted by atomic mass is 32.2. The lowest BCUT2D eigenvalue weighted by Gasteiger charge is -2.20. The number of aliphatic carboxylic acids is 1. The van der Waals surface area contributed by atoms with Crippen molar-refractivity contribution in [2.24, 2.45) is 0 Å². The Balaban J connectivity index is 2.27. The fourth-order valence-corrected chi connectivity index (χ4v) is 3.03. The second kappa shape index (κ2) is 5.68. The summed E-state index contributed by atoms with van der Waals surface area (Å²) in [5, 5.41) is 10.8.